The minimum absolute atomic E-state index is 0.0449. The lowest BCUT2D eigenvalue weighted by Gasteiger charge is -2.12. The summed E-state index contributed by atoms with van der Waals surface area (Å²) in [7, 11) is 0. The van der Waals surface area contributed by atoms with Gasteiger partial charge in [-0.2, -0.15) is 13.2 Å². The van der Waals surface area contributed by atoms with E-state index in [0.29, 0.717) is 18.1 Å². The summed E-state index contributed by atoms with van der Waals surface area (Å²) in [6.07, 6.45) is -3.75. The van der Waals surface area contributed by atoms with Crippen LogP contribution in [-0.2, 0) is 6.18 Å². The Hall–Kier alpha value is -1.04. The van der Waals surface area contributed by atoms with Crippen LogP contribution in [0.25, 0.3) is 0 Å². The molecule has 0 aromatic carbocycles. The van der Waals surface area contributed by atoms with Gasteiger partial charge in [-0.25, -0.2) is 0 Å². The Morgan fingerprint density at radius 3 is 2.50 bits per heavy atom. The summed E-state index contributed by atoms with van der Waals surface area (Å²) >= 11 is 5.52. The van der Waals surface area contributed by atoms with E-state index in [0.717, 1.165) is 6.07 Å². The van der Waals surface area contributed by atoms with Crippen LogP contribution in [0.5, 0.6) is 0 Å². The number of rotatable bonds is 4. The zero-order chi connectivity index (χ0) is 12.2. The van der Waals surface area contributed by atoms with E-state index in [2.05, 4.69) is 15.5 Å². The molecule has 1 rings (SSSR count). The standard InChI is InChI=1S/C9H11ClF3N3/c1-6(4-5-10)14-8-3-2-7(15-16-8)9(11,12)13/h2-3,6H,4-5H2,1H3,(H,14,16). The molecule has 0 aliphatic carbocycles. The van der Waals surface area contributed by atoms with Crippen molar-refractivity contribution in [2.45, 2.75) is 25.6 Å². The molecule has 0 bridgehead atoms. The van der Waals surface area contributed by atoms with Gasteiger partial charge in [0.2, 0.25) is 0 Å². The van der Waals surface area contributed by atoms with Crippen LogP contribution in [0.3, 0.4) is 0 Å². The van der Waals surface area contributed by atoms with Gasteiger partial charge in [0.1, 0.15) is 5.82 Å². The molecule has 0 aliphatic heterocycles. The van der Waals surface area contributed by atoms with Crippen LogP contribution in [0.1, 0.15) is 19.0 Å². The Balaban J connectivity index is 2.65. The van der Waals surface area contributed by atoms with Crippen molar-refractivity contribution in [3.63, 3.8) is 0 Å². The van der Waals surface area contributed by atoms with Crippen molar-refractivity contribution in [3.05, 3.63) is 17.8 Å². The smallest absolute Gasteiger partial charge is 0.366 e. The highest BCUT2D eigenvalue weighted by Gasteiger charge is 2.32. The molecule has 3 nitrogen and oxygen atoms in total. The van der Waals surface area contributed by atoms with Gasteiger partial charge in [0.15, 0.2) is 5.69 Å². The lowest BCUT2D eigenvalue weighted by atomic mass is 10.2. The van der Waals surface area contributed by atoms with Gasteiger partial charge in [-0.3, -0.25) is 0 Å². The molecule has 16 heavy (non-hydrogen) atoms. The predicted octanol–water partition coefficient (Wildman–Crippen LogP) is 2.92. The van der Waals surface area contributed by atoms with Gasteiger partial charge < -0.3 is 5.32 Å². The van der Waals surface area contributed by atoms with E-state index >= 15 is 0 Å². The molecular weight excluding hydrogens is 243 g/mol. The predicted molar refractivity (Wildman–Crippen MR) is 55.5 cm³/mol. The van der Waals surface area contributed by atoms with Gasteiger partial charge in [-0.1, -0.05) is 0 Å². The number of nitrogens with one attached hydrogen (secondary N) is 1. The second-order valence-corrected chi connectivity index (χ2v) is 3.70. The Morgan fingerprint density at radius 1 is 1.38 bits per heavy atom. The van der Waals surface area contributed by atoms with Gasteiger partial charge in [0.25, 0.3) is 0 Å². The third-order valence-electron chi connectivity index (χ3n) is 1.89. The molecule has 90 valence electrons. The maximum absolute atomic E-state index is 12.2. The van der Waals surface area contributed by atoms with Gasteiger partial charge in [0.05, 0.1) is 0 Å². The zero-order valence-corrected chi connectivity index (χ0v) is 9.31. The van der Waals surface area contributed by atoms with E-state index in [-0.39, 0.29) is 6.04 Å². The van der Waals surface area contributed by atoms with E-state index < -0.39 is 11.9 Å². The fourth-order valence-electron chi connectivity index (χ4n) is 1.05. The summed E-state index contributed by atoms with van der Waals surface area (Å²) in [5.74, 6) is 0.785. The fraction of sp³-hybridized carbons (Fsp3) is 0.556. The molecule has 0 radical (unpaired) electrons. The normalized spacial score (nSPS) is 13.6. The Bertz CT molecular complexity index is 326. The third kappa shape index (κ3) is 3.84. The van der Waals surface area contributed by atoms with Crippen LogP contribution in [0.2, 0.25) is 0 Å². The summed E-state index contributed by atoms with van der Waals surface area (Å²) in [4.78, 5) is 0. The van der Waals surface area contributed by atoms with Crippen LogP contribution >= 0.6 is 11.6 Å². The molecule has 0 amide bonds. The first-order valence-electron chi connectivity index (χ1n) is 4.67. The molecule has 1 aromatic heterocycles. The second-order valence-electron chi connectivity index (χ2n) is 3.32. The molecule has 7 heteroatoms. The number of halogens is 4. The van der Waals surface area contributed by atoms with Crippen molar-refractivity contribution in [1.29, 1.82) is 0 Å². The van der Waals surface area contributed by atoms with Crippen LogP contribution in [0, 0.1) is 0 Å². The molecule has 0 saturated carbocycles. The van der Waals surface area contributed by atoms with Crippen molar-refractivity contribution in [2.75, 3.05) is 11.2 Å². The summed E-state index contributed by atoms with van der Waals surface area (Å²) in [6.45, 7) is 1.86. The lowest BCUT2D eigenvalue weighted by Crippen LogP contribution is -2.17. The van der Waals surface area contributed by atoms with Crippen molar-refractivity contribution in [1.82, 2.24) is 10.2 Å². The van der Waals surface area contributed by atoms with Gasteiger partial charge in [-0.05, 0) is 25.5 Å². The van der Waals surface area contributed by atoms with E-state index in [1.54, 1.807) is 0 Å². The minimum Gasteiger partial charge on any atom is -0.366 e. The number of hydrogen-bond acceptors (Lipinski definition) is 3. The highest BCUT2D eigenvalue weighted by atomic mass is 35.5. The quantitative estimate of drug-likeness (QED) is 0.839. The van der Waals surface area contributed by atoms with Gasteiger partial charge in [0, 0.05) is 11.9 Å². The van der Waals surface area contributed by atoms with Crippen molar-refractivity contribution in [3.8, 4) is 0 Å². The molecule has 1 heterocycles. The van der Waals surface area contributed by atoms with Crippen LogP contribution < -0.4 is 5.32 Å². The van der Waals surface area contributed by atoms with Crippen LogP contribution in [0.4, 0.5) is 19.0 Å². The zero-order valence-electron chi connectivity index (χ0n) is 8.55. The van der Waals surface area contributed by atoms with E-state index in [1.165, 1.54) is 6.07 Å². The molecule has 0 saturated heterocycles. The van der Waals surface area contributed by atoms with Crippen LogP contribution in [0.15, 0.2) is 12.1 Å². The molecule has 1 aromatic rings. The topological polar surface area (TPSA) is 37.8 Å². The monoisotopic (exact) mass is 253 g/mol. The maximum atomic E-state index is 12.2. The molecule has 1 atom stereocenters. The highest BCUT2D eigenvalue weighted by molar-refractivity contribution is 6.17. The Labute approximate surface area is 96.0 Å². The summed E-state index contributed by atoms with van der Waals surface area (Å²) < 4.78 is 36.5. The number of nitrogens with zero attached hydrogens (tertiary/aromatic N) is 2. The average molecular weight is 254 g/mol. The molecule has 0 fully saturated rings. The average Bonchev–Trinajstić information content (AvgIpc) is 2.17. The summed E-state index contributed by atoms with van der Waals surface area (Å²) in [5.41, 5.74) is -0.997. The molecular formula is C9H11ClF3N3. The first kappa shape index (κ1) is 13.0. The minimum atomic E-state index is -4.45. The van der Waals surface area contributed by atoms with Crippen LogP contribution in [-0.4, -0.2) is 22.1 Å². The number of alkyl halides is 4. The Morgan fingerprint density at radius 2 is 2.06 bits per heavy atom. The van der Waals surface area contributed by atoms with Crippen molar-refractivity contribution >= 4 is 17.4 Å². The van der Waals surface area contributed by atoms with Crippen molar-refractivity contribution < 1.29 is 13.2 Å². The number of anilines is 1. The Kier molecular flexibility index (Phi) is 4.35. The van der Waals surface area contributed by atoms with Gasteiger partial charge in [-0.15, -0.1) is 21.8 Å². The highest BCUT2D eigenvalue weighted by Crippen LogP contribution is 2.27. The van der Waals surface area contributed by atoms with Crippen molar-refractivity contribution in [2.24, 2.45) is 0 Å². The van der Waals surface area contributed by atoms with E-state index in [9.17, 15) is 13.2 Å². The molecule has 0 spiro atoms. The largest absolute Gasteiger partial charge is 0.435 e. The summed E-state index contributed by atoms with van der Waals surface area (Å²) in [5, 5.41) is 9.43. The van der Waals surface area contributed by atoms with E-state index in [1.807, 2.05) is 6.92 Å². The van der Waals surface area contributed by atoms with Gasteiger partial charge >= 0.3 is 6.18 Å². The lowest BCUT2D eigenvalue weighted by molar-refractivity contribution is -0.141. The first-order chi connectivity index (χ1) is 7.43. The second kappa shape index (κ2) is 5.34. The number of hydrogen-bond donors (Lipinski definition) is 1. The number of aromatic nitrogens is 2. The molecule has 1 N–H and O–H groups in total. The SMILES string of the molecule is CC(CCCl)Nc1ccc(C(F)(F)F)nn1. The molecule has 0 aliphatic rings. The third-order valence-corrected chi connectivity index (χ3v) is 2.11. The maximum Gasteiger partial charge on any atom is 0.435 e. The summed E-state index contributed by atoms with van der Waals surface area (Å²) in [6, 6.07) is 2.19. The fourth-order valence-corrected chi connectivity index (χ4v) is 1.38. The van der Waals surface area contributed by atoms with E-state index in [4.69, 9.17) is 11.6 Å². The first-order valence-corrected chi connectivity index (χ1v) is 5.20. The molecule has 1 unspecified atom stereocenters.